The molecule has 2 aromatic carbocycles. The first kappa shape index (κ1) is 84.7. The van der Waals surface area contributed by atoms with Crippen molar-refractivity contribution in [3.8, 4) is 19.5 Å². The third-order valence-corrected chi connectivity index (χ3v) is 31.5. The van der Waals surface area contributed by atoms with E-state index in [0.29, 0.717) is 35.4 Å². The lowest BCUT2D eigenvalue weighted by Crippen LogP contribution is -2.37. The van der Waals surface area contributed by atoms with Gasteiger partial charge in [-0.1, -0.05) is 337 Å². The molecule has 0 spiro atoms. The van der Waals surface area contributed by atoms with Gasteiger partial charge in [-0.15, -0.1) is 69.3 Å². The van der Waals surface area contributed by atoms with Gasteiger partial charge in [0.1, 0.15) is 0 Å². The Morgan fingerprint density at radius 2 is 0.792 bits per heavy atom. The second kappa shape index (κ2) is 48.9. The van der Waals surface area contributed by atoms with E-state index in [0.717, 1.165) is 91.6 Å². The first-order valence-corrected chi connectivity index (χ1v) is 49.1. The number of nitrogens with zero attached hydrogens (tertiary/aromatic N) is 2. The van der Waals surface area contributed by atoms with Crippen LogP contribution >= 0.6 is 69.3 Å². The Morgan fingerprint density at radius 3 is 1.29 bits per heavy atom. The fraction of sp³-hybridized carbons (Fsp3) is 0.625. The standard InChI is InChI=1S/C96H138N2O2S6/c1-5-9-13-17-21-25-27-31-35-41-55-77(53-39-33-29-23-19-15-11-7-3)71-97-93(87-67-65-83(105-87)81-61-63-85(103-81)89-69-79(73-101-89)59-47-57-75-49-43-37-44-50-75)91-92(95(97)99)94(88-68-66-84(106-88)82-62-64-86(104-82)90-70-80(74-102-90)60-48-58-76-51-45-38-46-52-76)98(96(91)100)72-78(54-40-34-30-24-20-16-12-8-4)56-42-36-32-28-26-22-18-14-10-6-2/h37-38,43-46,49-52,61-63,65-67,69,73-74,77-78,86,88,90H,5-36,39-42,47-48,53-60,64,68,70-72H2,1-4H3. The van der Waals surface area contributed by atoms with E-state index in [2.05, 4.69) is 175 Å². The number of unbranched alkanes of at least 4 members (excludes halogenated alkanes) is 32. The maximum Gasteiger partial charge on any atom is 0.261 e. The molecule has 5 atom stereocenters. The van der Waals surface area contributed by atoms with Crippen LogP contribution in [-0.4, -0.2) is 50.5 Å². The molecule has 0 saturated carbocycles. The second-order valence-electron chi connectivity index (χ2n) is 32.4. The predicted octanol–water partition coefficient (Wildman–Crippen LogP) is 31.1. The van der Waals surface area contributed by atoms with Gasteiger partial charge in [-0.25, -0.2) is 0 Å². The highest BCUT2D eigenvalue weighted by Crippen LogP contribution is 2.56. The third-order valence-electron chi connectivity index (χ3n) is 23.6. The van der Waals surface area contributed by atoms with E-state index in [1.54, 1.807) is 5.57 Å². The van der Waals surface area contributed by atoms with Gasteiger partial charge in [-0.3, -0.25) is 9.59 Å². The van der Waals surface area contributed by atoms with Crippen molar-refractivity contribution in [1.29, 1.82) is 0 Å². The molecule has 5 aliphatic rings. The van der Waals surface area contributed by atoms with Crippen LogP contribution in [0, 0.1) is 11.8 Å². The normalized spacial score (nSPS) is 18.0. The molecule has 8 heterocycles. The van der Waals surface area contributed by atoms with Crippen LogP contribution in [0.4, 0.5) is 0 Å². The molecule has 580 valence electrons. The third kappa shape index (κ3) is 27.3. The van der Waals surface area contributed by atoms with Gasteiger partial charge in [0.2, 0.25) is 0 Å². The fourth-order valence-electron chi connectivity index (χ4n) is 17.2. The predicted molar refractivity (Wildman–Crippen MR) is 473 cm³/mol. The number of thiophene rings is 3. The summed E-state index contributed by atoms with van der Waals surface area (Å²) in [5.41, 5.74) is 9.36. The number of hydrogen-bond donors (Lipinski definition) is 0. The average Bonchev–Trinajstić information content (AvgIpc) is 1.55. The lowest BCUT2D eigenvalue weighted by atomic mass is 9.93. The highest BCUT2D eigenvalue weighted by atomic mass is 32.2. The van der Waals surface area contributed by atoms with Crippen molar-refractivity contribution in [3.05, 3.63) is 168 Å². The lowest BCUT2D eigenvalue weighted by molar-refractivity contribution is -0.125. The zero-order valence-electron chi connectivity index (χ0n) is 66.6. The molecule has 10 rings (SSSR count). The number of carbonyl (C=O) groups is 2. The average molecular weight is 1540 g/mol. The van der Waals surface area contributed by atoms with Crippen LogP contribution < -0.4 is 0 Å². The van der Waals surface area contributed by atoms with Crippen LogP contribution in [0.25, 0.3) is 25.2 Å². The number of rotatable bonds is 58. The number of carbonyl (C=O) groups excluding carboxylic acids is 2. The molecule has 10 heteroatoms. The van der Waals surface area contributed by atoms with Gasteiger partial charge in [0, 0.05) is 58.6 Å². The topological polar surface area (TPSA) is 40.6 Å². The number of thioether (sulfide) groups is 3. The molecule has 5 aliphatic heterocycles. The number of benzene rings is 2. The lowest BCUT2D eigenvalue weighted by Gasteiger charge is -2.31. The summed E-state index contributed by atoms with van der Waals surface area (Å²) in [6.07, 6.45) is 67.1. The molecule has 0 radical (unpaired) electrons. The Morgan fingerprint density at radius 1 is 0.387 bits per heavy atom. The van der Waals surface area contributed by atoms with Crippen molar-refractivity contribution in [1.82, 2.24) is 9.80 Å². The van der Waals surface area contributed by atoms with Crippen LogP contribution in [-0.2, 0) is 28.9 Å². The number of fused-ring (bicyclic) bond motifs is 1. The number of hydrogen-bond acceptors (Lipinski definition) is 8. The highest BCUT2D eigenvalue weighted by Gasteiger charge is 2.52. The van der Waals surface area contributed by atoms with E-state index in [-0.39, 0.29) is 17.1 Å². The van der Waals surface area contributed by atoms with Gasteiger partial charge in [0.25, 0.3) is 11.8 Å². The monoisotopic (exact) mass is 1540 g/mol. The van der Waals surface area contributed by atoms with Crippen LogP contribution in [0.2, 0.25) is 0 Å². The summed E-state index contributed by atoms with van der Waals surface area (Å²) in [5.74, 6) is 0.978. The minimum absolute atomic E-state index is 0.00169. The maximum atomic E-state index is 16.7. The Kier molecular flexibility index (Phi) is 39.1. The zero-order valence-corrected chi connectivity index (χ0v) is 71.5. The van der Waals surface area contributed by atoms with Crippen molar-refractivity contribution < 1.29 is 9.59 Å². The second-order valence-corrected chi connectivity index (χ2v) is 39.1. The molecule has 5 unspecified atom stereocenters. The molecule has 0 bridgehead atoms. The van der Waals surface area contributed by atoms with Crippen LogP contribution in [0.5, 0.6) is 0 Å². The van der Waals surface area contributed by atoms with E-state index < -0.39 is 0 Å². The molecule has 0 N–H and O–H groups in total. The Bertz CT molecular complexity index is 3490. The molecule has 0 saturated heterocycles. The zero-order chi connectivity index (χ0) is 73.6. The molecular weight excluding hydrogens is 1410 g/mol. The molecule has 3 aromatic heterocycles. The van der Waals surface area contributed by atoms with Gasteiger partial charge in [0.15, 0.2) is 0 Å². The van der Waals surface area contributed by atoms with E-state index in [1.165, 1.54) is 296 Å². The van der Waals surface area contributed by atoms with Gasteiger partial charge in [0.05, 0.1) is 27.0 Å². The largest absolute Gasteiger partial charge is 0.310 e. The maximum absolute atomic E-state index is 16.7. The minimum atomic E-state index is 0.00169. The molecule has 4 nitrogen and oxygen atoms in total. The van der Waals surface area contributed by atoms with E-state index >= 15 is 9.59 Å². The van der Waals surface area contributed by atoms with Crippen LogP contribution in [0.15, 0.2) is 146 Å². The summed E-state index contributed by atoms with van der Waals surface area (Å²) in [7, 11) is 0. The van der Waals surface area contributed by atoms with Crippen LogP contribution in [0.3, 0.4) is 0 Å². The molecule has 5 aromatic rings. The fourth-order valence-corrected chi connectivity index (χ4v) is 24.7. The van der Waals surface area contributed by atoms with Crippen molar-refractivity contribution >= 4 is 86.8 Å². The van der Waals surface area contributed by atoms with Crippen molar-refractivity contribution in [2.75, 3.05) is 13.1 Å². The highest BCUT2D eigenvalue weighted by molar-refractivity contribution is 8.10. The summed E-state index contributed by atoms with van der Waals surface area (Å²) in [5, 5.41) is 6.04. The van der Waals surface area contributed by atoms with Crippen molar-refractivity contribution in [3.63, 3.8) is 0 Å². The molecule has 2 amide bonds. The molecule has 0 fully saturated rings. The summed E-state index contributed by atoms with van der Waals surface area (Å²) in [4.78, 5) is 46.9. The van der Waals surface area contributed by atoms with E-state index in [4.69, 9.17) is 0 Å². The molecule has 0 aliphatic carbocycles. The summed E-state index contributed by atoms with van der Waals surface area (Å²) < 4.78 is 0. The quantitative estimate of drug-likeness (QED) is 0.0363. The summed E-state index contributed by atoms with van der Waals surface area (Å²) in [6.45, 7) is 10.7. The molecular formula is C96H138N2O2S6. The number of amides is 2. The summed E-state index contributed by atoms with van der Waals surface area (Å²) >= 11 is 11.8. The van der Waals surface area contributed by atoms with Crippen LogP contribution in [0.1, 0.15) is 345 Å². The van der Waals surface area contributed by atoms with Gasteiger partial charge in [-0.05, 0) is 153 Å². The van der Waals surface area contributed by atoms with E-state index in [1.807, 2.05) is 45.8 Å². The summed E-state index contributed by atoms with van der Waals surface area (Å²) in [6, 6.07) is 33.7. The minimum Gasteiger partial charge on any atom is -0.310 e. The first-order valence-electron chi connectivity index (χ1n) is 43.9. The van der Waals surface area contributed by atoms with Gasteiger partial charge in [-0.2, -0.15) is 0 Å². The van der Waals surface area contributed by atoms with Crippen molar-refractivity contribution in [2.24, 2.45) is 11.8 Å². The van der Waals surface area contributed by atoms with Gasteiger partial charge < -0.3 is 9.80 Å². The smallest absolute Gasteiger partial charge is 0.261 e. The van der Waals surface area contributed by atoms with E-state index in [9.17, 15) is 0 Å². The Hall–Kier alpha value is -3.77. The Balaban J connectivity index is 0.940. The van der Waals surface area contributed by atoms with Gasteiger partial charge >= 0.3 is 0 Å². The number of allylic oxidation sites excluding steroid dienone is 3. The first-order chi connectivity index (χ1) is 52.3. The van der Waals surface area contributed by atoms with Crippen molar-refractivity contribution in [2.45, 2.75) is 358 Å². The molecule has 106 heavy (non-hydrogen) atoms. The number of aryl methyl sites for hydroxylation is 3. The Labute approximate surface area is 671 Å². The SMILES string of the molecule is CCCCCCCCCCCCC(CCCCCCCCCC)CN1C(=O)C2=C(C3CC=C(C4=CCC(C5CC(CCCc6ccccc6)=CS5)S4)S3)N(CC(CCCCCCCCCC)CCCCCCCCCCCC)C(=O)C2=C1c1ccc(-c2ccc(-c3cc(CCCc4ccccc4)cs3)s2)s1.